The summed E-state index contributed by atoms with van der Waals surface area (Å²) in [5.41, 5.74) is 0. The molecule has 0 radical (unpaired) electrons. The zero-order valence-corrected chi connectivity index (χ0v) is 13.4. The molecule has 22 heavy (non-hydrogen) atoms. The molecule has 116 valence electrons. The van der Waals surface area contributed by atoms with Crippen LogP contribution in [0.1, 0.15) is 40.5 Å². The summed E-state index contributed by atoms with van der Waals surface area (Å²) in [6.45, 7) is 2.60. The lowest BCUT2D eigenvalue weighted by molar-refractivity contribution is -0.131. The van der Waals surface area contributed by atoms with Crippen molar-refractivity contribution in [3.05, 3.63) is 46.0 Å². The lowest BCUT2D eigenvalue weighted by atomic mass is 10.1. The summed E-state index contributed by atoms with van der Waals surface area (Å²) >= 11 is 1.46. The van der Waals surface area contributed by atoms with Gasteiger partial charge in [0, 0.05) is 19.0 Å². The number of hydrogen-bond acceptors (Lipinski definition) is 4. The maximum Gasteiger partial charge on any atom is 0.230 e. The van der Waals surface area contributed by atoms with Crippen LogP contribution in [0.15, 0.2) is 34.1 Å². The molecule has 2 aromatic rings. The molecular weight excluding hydrogens is 298 g/mol. The topological polar surface area (TPSA) is 50.5 Å². The number of nitrogens with zero attached hydrogens (tertiary/aromatic N) is 1. The van der Waals surface area contributed by atoms with Gasteiger partial charge in [0.05, 0.1) is 11.3 Å². The van der Waals surface area contributed by atoms with Gasteiger partial charge < -0.3 is 9.32 Å². The Morgan fingerprint density at radius 1 is 1.36 bits per heavy atom. The third kappa shape index (κ3) is 3.30. The standard InChI is InChI=1S/C17H19NO3S/c1-12-6-7-14(21-12)11-17(20)18-8-2-4-13(18)10-15(19)16-5-3-9-22-16/h3,5-7,9,13H,2,4,8,10-11H2,1H3. The molecule has 1 aliphatic rings. The van der Waals surface area contributed by atoms with E-state index in [1.54, 1.807) is 0 Å². The molecule has 1 fully saturated rings. The Labute approximate surface area is 133 Å². The summed E-state index contributed by atoms with van der Waals surface area (Å²) in [6.07, 6.45) is 2.56. The van der Waals surface area contributed by atoms with Gasteiger partial charge in [-0.3, -0.25) is 9.59 Å². The fourth-order valence-corrected chi connectivity index (χ4v) is 3.63. The van der Waals surface area contributed by atoms with E-state index < -0.39 is 0 Å². The second-order valence-electron chi connectivity index (χ2n) is 5.68. The lowest BCUT2D eigenvalue weighted by Gasteiger charge is -2.23. The average Bonchev–Trinajstić information content (AvgIpc) is 3.20. The van der Waals surface area contributed by atoms with Gasteiger partial charge in [0.15, 0.2) is 5.78 Å². The molecule has 0 aromatic carbocycles. The molecule has 3 rings (SSSR count). The first-order valence-corrected chi connectivity index (χ1v) is 8.43. The molecule has 1 amide bonds. The van der Waals surface area contributed by atoms with Gasteiger partial charge in [0.25, 0.3) is 0 Å². The van der Waals surface area contributed by atoms with E-state index in [2.05, 4.69) is 0 Å². The number of furan rings is 1. The maximum absolute atomic E-state index is 12.5. The number of Topliss-reactive ketones (excluding diaryl/α,β-unsaturated/α-hetero) is 1. The largest absolute Gasteiger partial charge is 0.466 e. The van der Waals surface area contributed by atoms with Crippen molar-refractivity contribution in [1.29, 1.82) is 0 Å². The van der Waals surface area contributed by atoms with E-state index in [0.717, 1.165) is 30.0 Å². The number of carbonyl (C=O) groups is 2. The minimum Gasteiger partial charge on any atom is -0.466 e. The van der Waals surface area contributed by atoms with Gasteiger partial charge >= 0.3 is 0 Å². The van der Waals surface area contributed by atoms with E-state index in [-0.39, 0.29) is 24.2 Å². The van der Waals surface area contributed by atoms with Gasteiger partial charge in [-0.1, -0.05) is 6.07 Å². The lowest BCUT2D eigenvalue weighted by Crippen LogP contribution is -2.37. The van der Waals surface area contributed by atoms with Crippen molar-refractivity contribution in [3.63, 3.8) is 0 Å². The molecule has 1 saturated heterocycles. The number of hydrogen-bond donors (Lipinski definition) is 0. The average molecular weight is 317 g/mol. The quantitative estimate of drug-likeness (QED) is 0.794. The number of aryl methyl sites for hydroxylation is 1. The Hall–Kier alpha value is -1.88. The molecule has 0 spiro atoms. The number of rotatable bonds is 5. The summed E-state index contributed by atoms with van der Waals surface area (Å²) in [6, 6.07) is 7.46. The monoisotopic (exact) mass is 317 g/mol. The number of amides is 1. The second kappa shape index (κ2) is 6.48. The molecule has 4 nitrogen and oxygen atoms in total. The van der Waals surface area contributed by atoms with Crippen LogP contribution in [0.4, 0.5) is 0 Å². The molecule has 0 N–H and O–H groups in total. The third-order valence-corrected chi connectivity index (χ3v) is 4.95. The van der Waals surface area contributed by atoms with Crippen LogP contribution < -0.4 is 0 Å². The van der Waals surface area contributed by atoms with Crippen LogP contribution in [0.2, 0.25) is 0 Å². The summed E-state index contributed by atoms with van der Waals surface area (Å²) in [5, 5.41) is 1.91. The van der Waals surface area contributed by atoms with E-state index in [1.807, 2.05) is 41.5 Å². The van der Waals surface area contributed by atoms with Crippen LogP contribution in [-0.4, -0.2) is 29.2 Å². The zero-order chi connectivity index (χ0) is 15.5. The molecule has 3 heterocycles. The summed E-state index contributed by atoms with van der Waals surface area (Å²) < 4.78 is 5.48. The van der Waals surface area contributed by atoms with E-state index in [9.17, 15) is 9.59 Å². The van der Waals surface area contributed by atoms with Crippen molar-refractivity contribution < 1.29 is 14.0 Å². The van der Waals surface area contributed by atoms with Crippen molar-refractivity contribution in [2.45, 2.75) is 38.6 Å². The SMILES string of the molecule is Cc1ccc(CC(=O)N2CCCC2CC(=O)c2cccs2)o1. The molecule has 0 saturated carbocycles. The third-order valence-electron chi connectivity index (χ3n) is 4.04. The number of likely N-dealkylation sites (tertiary alicyclic amines) is 1. The molecule has 5 heteroatoms. The fourth-order valence-electron chi connectivity index (χ4n) is 2.96. The molecule has 1 unspecified atom stereocenters. The van der Waals surface area contributed by atoms with Crippen molar-refractivity contribution in [1.82, 2.24) is 4.90 Å². The van der Waals surface area contributed by atoms with Gasteiger partial charge in [-0.15, -0.1) is 11.3 Å². The van der Waals surface area contributed by atoms with Gasteiger partial charge in [0.1, 0.15) is 11.5 Å². The Kier molecular flexibility index (Phi) is 4.43. The first kappa shape index (κ1) is 15.0. The predicted molar refractivity (Wildman–Crippen MR) is 85.2 cm³/mol. The molecule has 1 atom stereocenters. The highest BCUT2D eigenvalue weighted by Gasteiger charge is 2.31. The maximum atomic E-state index is 12.5. The van der Waals surface area contributed by atoms with Crippen LogP contribution in [0.5, 0.6) is 0 Å². The Balaban J connectivity index is 1.62. The highest BCUT2D eigenvalue weighted by Crippen LogP contribution is 2.24. The highest BCUT2D eigenvalue weighted by molar-refractivity contribution is 7.12. The predicted octanol–water partition coefficient (Wildman–Crippen LogP) is 3.46. The normalized spacial score (nSPS) is 17.9. The van der Waals surface area contributed by atoms with Crippen molar-refractivity contribution in [2.75, 3.05) is 6.54 Å². The first-order chi connectivity index (χ1) is 10.6. The molecule has 1 aliphatic heterocycles. The van der Waals surface area contributed by atoms with E-state index in [1.165, 1.54) is 11.3 Å². The highest BCUT2D eigenvalue weighted by atomic mass is 32.1. The molecule has 0 bridgehead atoms. The molecular formula is C17H19NO3S. The minimum atomic E-state index is 0.0261. The van der Waals surface area contributed by atoms with Crippen LogP contribution in [0.3, 0.4) is 0 Å². The van der Waals surface area contributed by atoms with Gasteiger partial charge in [-0.25, -0.2) is 0 Å². The van der Waals surface area contributed by atoms with Gasteiger partial charge in [-0.05, 0) is 43.3 Å². The summed E-state index contributed by atoms with van der Waals surface area (Å²) in [5.74, 6) is 1.69. The van der Waals surface area contributed by atoms with Crippen LogP contribution in [0, 0.1) is 6.92 Å². The summed E-state index contributed by atoms with van der Waals surface area (Å²) in [4.78, 5) is 27.3. The van der Waals surface area contributed by atoms with Crippen molar-refractivity contribution >= 4 is 23.0 Å². The Morgan fingerprint density at radius 2 is 2.23 bits per heavy atom. The number of ketones is 1. The number of carbonyl (C=O) groups excluding carboxylic acids is 2. The van der Waals surface area contributed by atoms with Crippen molar-refractivity contribution in [2.24, 2.45) is 0 Å². The van der Waals surface area contributed by atoms with E-state index in [4.69, 9.17) is 4.42 Å². The van der Waals surface area contributed by atoms with E-state index >= 15 is 0 Å². The summed E-state index contributed by atoms with van der Waals surface area (Å²) in [7, 11) is 0. The zero-order valence-electron chi connectivity index (χ0n) is 12.6. The van der Waals surface area contributed by atoms with Gasteiger partial charge in [0.2, 0.25) is 5.91 Å². The van der Waals surface area contributed by atoms with Gasteiger partial charge in [-0.2, -0.15) is 0 Å². The second-order valence-corrected chi connectivity index (χ2v) is 6.62. The van der Waals surface area contributed by atoms with Crippen LogP contribution in [-0.2, 0) is 11.2 Å². The minimum absolute atomic E-state index is 0.0261. The molecule has 0 aliphatic carbocycles. The smallest absolute Gasteiger partial charge is 0.230 e. The molecule has 2 aromatic heterocycles. The van der Waals surface area contributed by atoms with Crippen LogP contribution >= 0.6 is 11.3 Å². The van der Waals surface area contributed by atoms with E-state index in [0.29, 0.717) is 12.2 Å². The fraction of sp³-hybridized carbons (Fsp3) is 0.412. The number of thiophene rings is 1. The first-order valence-electron chi connectivity index (χ1n) is 7.55. The van der Waals surface area contributed by atoms with Crippen LogP contribution in [0.25, 0.3) is 0 Å². The Bertz CT molecular complexity index is 659. The Morgan fingerprint density at radius 3 is 2.91 bits per heavy atom. The van der Waals surface area contributed by atoms with Crippen molar-refractivity contribution in [3.8, 4) is 0 Å².